The monoisotopic (exact) mass is 204 g/mol. The molecule has 0 saturated carbocycles. The predicted octanol–water partition coefficient (Wildman–Crippen LogP) is 4.06. The van der Waals surface area contributed by atoms with Crippen LogP contribution in [-0.2, 0) is 0 Å². The van der Waals surface area contributed by atoms with Gasteiger partial charge in [0.15, 0.2) is 0 Å². The molecule has 0 fully saturated rings. The summed E-state index contributed by atoms with van der Waals surface area (Å²) in [5, 5.41) is 0. The molecule has 0 bridgehead atoms. The Hall–Kier alpha value is -0.990. The van der Waals surface area contributed by atoms with Crippen molar-refractivity contribution >= 4 is 0 Å². The molecule has 0 aliphatic rings. The molecule has 0 aliphatic heterocycles. The average Bonchev–Trinajstić information content (AvgIpc) is 2.24. The second-order valence-electron chi connectivity index (χ2n) is 2.82. The van der Waals surface area contributed by atoms with Crippen LogP contribution in [0.3, 0.4) is 0 Å². The first-order valence-electron chi connectivity index (χ1n) is 4.57. The standard InChI is InChI=1S/C9H9F3.C2H6/c1-4-7(10)5(2)9(12)6(3)8(4)11;1-2/h1-3H3;1-2H3. The Bertz CT molecular complexity index is 225. The van der Waals surface area contributed by atoms with Crippen molar-refractivity contribution in [3.8, 4) is 0 Å². The van der Waals surface area contributed by atoms with Gasteiger partial charge in [0, 0.05) is 16.7 Å². The third-order valence-electron chi connectivity index (χ3n) is 1.98. The molecule has 80 valence electrons. The quantitative estimate of drug-likeness (QED) is 0.598. The first-order chi connectivity index (χ1) is 6.46. The van der Waals surface area contributed by atoms with E-state index in [1.54, 1.807) is 0 Å². The normalized spacial score (nSPS) is 9.43. The Morgan fingerprint density at radius 1 is 0.571 bits per heavy atom. The summed E-state index contributed by atoms with van der Waals surface area (Å²) in [4.78, 5) is 0. The third kappa shape index (κ3) is 2.08. The topological polar surface area (TPSA) is 0 Å². The van der Waals surface area contributed by atoms with E-state index in [0.717, 1.165) is 0 Å². The molecule has 0 nitrogen and oxygen atoms in total. The Kier molecular flexibility index (Phi) is 4.68. The summed E-state index contributed by atoms with van der Waals surface area (Å²) in [6.07, 6.45) is 0. The van der Waals surface area contributed by atoms with Crippen LogP contribution in [-0.4, -0.2) is 0 Å². The highest BCUT2D eigenvalue weighted by molar-refractivity contribution is 5.33. The molecule has 0 saturated heterocycles. The zero-order chi connectivity index (χ0) is 11.5. The molecular formula is C11H15F3. The van der Waals surface area contributed by atoms with Crippen LogP contribution in [0.5, 0.6) is 0 Å². The average molecular weight is 204 g/mol. The first kappa shape index (κ1) is 13.0. The lowest BCUT2D eigenvalue weighted by atomic mass is 10.1. The fraction of sp³-hybridized carbons (Fsp3) is 0.455. The van der Waals surface area contributed by atoms with Gasteiger partial charge in [0.2, 0.25) is 0 Å². The van der Waals surface area contributed by atoms with Crippen molar-refractivity contribution in [1.29, 1.82) is 0 Å². The van der Waals surface area contributed by atoms with Crippen LogP contribution >= 0.6 is 0 Å². The van der Waals surface area contributed by atoms with Crippen LogP contribution in [0.2, 0.25) is 0 Å². The van der Waals surface area contributed by atoms with Crippen molar-refractivity contribution in [3.63, 3.8) is 0 Å². The molecule has 0 radical (unpaired) electrons. The van der Waals surface area contributed by atoms with Crippen molar-refractivity contribution in [3.05, 3.63) is 34.1 Å². The zero-order valence-corrected chi connectivity index (χ0v) is 9.13. The van der Waals surface area contributed by atoms with E-state index in [4.69, 9.17) is 0 Å². The lowest BCUT2D eigenvalue weighted by Gasteiger charge is -2.07. The van der Waals surface area contributed by atoms with Gasteiger partial charge in [-0.2, -0.15) is 0 Å². The van der Waals surface area contributed by atoms with E-state index >= 15 is 0 Å². The molecule has 1 aromatic rings. The number of benzene rings is 1. The van der Waals surface area contributed by atoms with Crippen LogP contribution in [0.1, 0.15) is 30.5 Å². The maximum Gasteiger partial charge on any atom is 0.134 e. The molecule has 0 amide bonds. The van der Waals surface area contributed by atoms with Gasteiger partial charge in [0.1, 0.15) is 17.5 Å². The van der Waals surface area contributed by atoms with Gasteiger partial charge in [-0.05, 0) is 20.8 Å². The molecule has 0 N–H and O–H groups in total. The summed E-state index contributed by atoms with van der Waals surface area (Å²) in [6, 6.07) is 0. The number of hydrogen-bond acceptors (Lipinski definition) is 0. The summed E-state index contributed by atoms with van der Waals surface area (Å²) in [5.74, 6) is -2.39. The molecule has 0 aromatic heterocycles. The number of rotatable bonds is 0. The van der Waals surface area contributed by atoms with E-state index in [2.05, 4.69) is 0 Å². The molecule has 0 unspecified atom stereocenters. The highest BCUT2D eigenvalue weighted by Crippen LogP contribution is 2.22. The lowest BCUT2D eigenvalue weighted by Crippen LogP contribution is -2.01. The molecule has 14 heavy (non-hydrogen) atoms. The van der Waals surface area contributed by atoms with E-state index in [9.17, 15) is 13.2 Å². The molecule has 0 aliphatic carbocycles. The van der Waals surface area contributed by atoms with Crippen molar-refractivity contribution in [2.45, 2.75) is 34.6 Å². The van der Waals surface area contributed by atoms with Gasteiger partial charge in [-0.1, -0.05) is 13.8 Å². The minimum absolute atomic E-state index is 0.119. The van der Waals surface area contributed by atoms with Gasteiger partial charge in [-0.3, -0.25) is 0 Å². The van der Waals surface area contributed by atoms with E-state index < -0.39 is 17.5 Å². The Balaban J connectivity index is 0.000000791. The Labute approximate surface area is 82.8 Å². The number of halogens is 3. The summed E-state index contributed by atoms with van der Waals surface area (Å²) >= 11 is 0. The van der Waals surface area contributed by atoms with E-state index in [1.807, 2.05) is 13.8 Å². The van der Waals surface area contributed by atoms with Crippen LogP contribution in [0.15, 0.2) is 0 Å². The summed E-state index contributed by atoms with van der Waals surface area (Å²) < 4.78 is 38.9. The molecule has 3 heteroatoms. The van der Waals surface area contributed by atoms with E-state index in [0.29, 0.717) is 0 Å². The minimum atomic E-state index is -0.796. The van der Waals surface area contributed by atoms with Crippen LogP contribution in [0.4, 0.5) is 13.2 Å². The van der Waals surface area contributed by atoms with Gasteiger partial charge >= 0.3 is 0 Å². The molecule has 0 heterocycles. The molecule has 0 spiro atoms. The van der Waals surface area contributed by atoms with E-state index in [1.165, 1.54) is 20.8 Å². The second kappa shape index (κ2) is 5.03. The van der Waals surface area contributed by atoms with Crippen molar-refractivity contribution in [1.82, 2.24) is 0 Å². The smallest absolute Gasteiger partial charge is 0.134 e. The van der Waals surface area contributed by atoms with Crippen LogP contribution in [0.25, 0.3) is 0 Å². The molecule has 1 aromatic carbocycles. The van der Waals surface area contributed by atoms with Gasteiger partial charge in [0.25, 0.3) is 0 Å². The summed E-state index contributed by atoms with van der Waals surface area (Å²) in [6.45, 7) is 7.89. The largest absolute Gasteiger partial charge is 0.206 e. The predicted molar refractivity (Wildman–Crippen MR) is 51.9 cm³/mol. The molecule has 1 rings (SSSR count). The first-order valence-corrected chi connectivity index (χ1v) is 4.57. The van der Waals surface area contributed by atoms with Crippen molar-refractivity contribution in [2.24, 2.45) is 0 Å². The van der Waals surface area contributed by atoms with E-state index in [-0.39, 0.29) is 16.7 Å². The fourth-order valence-corrected chi connectivity index (χ4v) is 1.13. The SMILES string of the molecule is CC.Cc1c(F)c(C)c(F)c(C)c1F. The highest BCUT2D eigenvalue weighted by Gasteiger charge is 2.16. The number of hydrogen-bond donors (Lipinski definition) is 0. The Morgan fingerprint density at radius 2 is 0.714 bits per heavy atom. The van der Waals surface area contributed by atoms with Gasteiger partial charge < -0.3 is 0 Å². The highest BCUT2D eigenvalue weighted by atomic mass is 19.1. The minimum Gasteiger partial charge on any atom is -0.206 e. The van der Waals surface area contributed by atoms with Gasteiger partial charge in [-0.15, -0.1) is 0 Å². The second-order valence-corrected chi connectivity index (χ2v) is 2.82. The van der Waals surface area contributed by atoms with Gasteiger partial charge in [-0.25, -0.2) is 13.2 Å². The zero-order valence-electron chi connectivity index (χ0n) is 9.13. The van der Waals surface area contributed by atoms with Crippen molar-refractivity contribution < 1.29 is 13.2 Å². The van der Waals surface area contributed by atoms with Gasteiger partial charge in [0.05, 0.1) is 0 Å². The molecular weight excluding hydrogens is 189 g/mol. The van der Waals surface area contributed by atoms with Crippen LogP contribution < -0.4 is 0 Å². The maximum atomic E-state index is 13.0. The molecule has 0 atom stereocenters. The van der Waals surface area contributed by atoms with Crippen LogP contribution in [0, 0.1) is 38.2 Å². The Morgan fingerprint density at radius 3 is 0.857 bits per heavy atom. The summed E-state index contributed by atoms with van der Waals surface area (Å²) in [5.41, 5.74) is -0.357. The summed E-state index contributed by atoms with van der Waals surface area (Å²) in [7, 11) is 0. The third-order valence-corrected chi connectivity index (χ3v) is 1.98. The lowest BCUT2D eigenvalue weighted by molar-refractivity contribution is 0.512. The van der Waals surface area contributed by atoms with Crippen molar-refractivity contribution in [2.75, 3.05) is 0 Å². The fourth-order valence-electron chi connectivity index (χ4n) is 1.13. The maximum absolute atomic E-state index is 13.0.